The summed E-state index contributed by atoms with van der Waals surface area (Å²) in [6.07, 6.45) is 4.64. The second-order valence-corrected chi connectivity index (χ2v) is 6.64. The number of aromatic nitrogens is 2. The third-order valence-corrected chi connectivity index (χ3v) is 4.51. The van der Waals surface area contributed by atoms with Crippen molar-refractivity contribution in [1.29, 1.82) is 0 Å². The molecule has 146 valence electrons. The highest BCUT2D eigenvalue weighted by molar-refractivity contribution is 6.05. The van der Waals surface area contributed by atoms with Crippen LogP contribution in [-0.4, -0.2) is 32.8 Å². The number of carbonyl (C=O) groups excluding carboxylic acids is 1. The van der Waals surface area contributed by atoms with Gasteiger partial charge in [0.2, 0.25) is 0 Å². The molecule has 0 spiro atoms. The summed E-state index contributed by atoms with van der Waals surface area (Å²) in [5.74, 6) is -1.64. The van der Waals surface area contributed by atoms with Crippen molar-refractivity contribution in [3.63, 3.8) is 0 Å². The summed E-state index contributed by atoms with van der Waals surface area (Å²) in [6, 6.07) is 5.82. The lowest BCUT2D eigenvalue weighted by Crippen LogP contribution is -2.42. The number of unbranched alkanes of at least 4 members (excludes halogenated alkanes) is 3. The Hall–Kier alpha value is -2.70. The van der Waals surface area contributed by atoms with Gasteiger partial charge in [0.05, 0.1) is 5.39 Å². The number of hydrogen-bond acceptors (Lipinski definition) is 4. The van der Waals surface area contributed by atoms with Crippen molar-refractivity contribution in [1.82, 2.24) is 15.1 Å². The number of rotatable bonds is 10. The molecule has 2 rings (SSSR count). The Labute approximate surface area is 158 Å². The van der Waals surface area contributed by atoms with Crippen molar-refractivity contribution in [2.24, 2.45) is 0 Å². The summed E-state index contributed by atoms with van der Waals surface area (Å²) < 4.78 is 1.31. The van der Waals surface area contributed by atoms with Gasteiger partial charge in [-0.15, -0.1) is 0 Å². The average molecular weight is 373 g/mol. The molecule has 7 nitrogen and oxygen atoms in total. The van der Waals surface area contributed by atoms with Crippen molar-refractivity contribution >= 4 is 22.6 Å². The van der Waals surface area contributed by atoms with Crippen LogP contribution in [0.2, 0.25) is 0 Å². The fraction of sp³-hybridized carbons (Fsp3) is 0.500. The van der Waals surface area contributed by atoms with E-state index in [1.807, 2.05) is 6.92 Å². The Balaban J connectivity index is 2.40. The first-order valence-corrected chi connectivity index (χ1v) is 9.53. The Kier molecular flexibility index (Phi) is 7.52. The number of carboxylic acid groups (broad SMARTS) is 1. The van der Waals surface area contributed by atoms with Gasteiger partial charge in [0.25, 0.3) is 11.5 Å². The lowest BCUT2D eigenvalue weighted by atomic mass is 10.1. The summed E-state index contributed by atoms with van der Waals surface area (Å²) >= 11 is 0. The maximum atomic E-state index is 12.8. The van der Waals surface area contributed by atoms with Gasteiger partial charge in [-0.3, -0.25) is 9.59 Å². The van der Waals surface area contributed by atoms with Crippen molar-refractivity contribution in [2.45, 2.75) is 65.0 Å². The van der Waals surface area contributed by atoms with Crippen LogP contribution in [0.5, 0.6) is 0 Å². The van der Waals surface area contributed by atoms with Crippen LogP contribution in [0.1, 0.15) is 62.9 Å². The van der Waals surface area contributed by atoms with E-state index in [1.54, 1.807) is 24.3 Å². The molecule has 27 heavy (non-hydrogen) atoms. The minimum absolute atomic E-state index is 0.0875. The van der Waals surface area contributed by atoms with Gasteiger partial charge in [-0.25, -0.2) is 9.48 Å². The van der Waals surface area contributed by atoms with Crippen LogP contribution in [0.15, 0.2) is 29.1 Å². The van der Waals surface area contributed by atoms with E-state index in [4.69, 9.17) is 0 Å². The molecule has 0 unspecified atom stereocenters. The maximum absolute atomic E-state index is 12.8. The normalized spacial score (nSPS) is 12.1. The van der Waals surface area contributed by atoms with E-state index >= 15 is 0 Å². The van der Waals surface area contributed by atoms with Crippen molar-refractivity contribution in [3.8, 4) is 0 Å². The van der Waals surface area contributed by atoms with Crippen LogP contribution in [0.3, 0.4) is 0 Å². The zero-order valence-electron chi connectivity index (χ0n) is 15.9. The second kappa shape index (κ2) is 9.85. The number of nitrogens with zero attached hydrogens (tertiary/aromatic N) is 2. The summed E-state index contributed by atoms with van der Waals surface area (Å²) in [6.45, 7) is 4.45. The van der Waals surface area contributed by atoms with Gasteiger partial charge in [0.15, 0.2) is 5.69 Å². The van der Waals surface area contributed by atoms with Crippen LogP contribution in [-0.2, 0) is 11.3 Å². The van der Waals surface area contributed by atoms with E-state index in [0.29, 0.717) is 30.2 Å². The first kappa shape index (κ1) is 20.6. The Morgan fingerprint density at radius 2 is 1.78 bits per heavy atom. The average Bonchev–Trinajstić information content (AvgIpc) is 2.66. The van der Waals surface area contributed by atoms with Gasteiger partial charge in [0.1, 0.15) is 6.04 Å². The smallest absolute Gasteiger partial charge is 0.326 e. The van der Waals surface area contributed by atoms with E-state index in [0.717, 1.165) is 25.7 Å². The van der Waals surface area contributed by atoms with E-state index in [2.05, 4.69) is 17.3 Å². The Bertz CT molecular complexity index is 860. The first-order chi connectivity index (χ1) is 13.0. The van der Waals surface area contributed by atoms with Crippen molar-refractivity contribution in [2.75, 3.05) is 0 Å². The molecular weight excluding hydrogens is 346 g/mol. The first-order valence-electron chi connectivity index (χ1n) is 9.53. The molecule has 0 aliphatic rings. The SMILES string of the molecule is CCCCCn1nc(C(=O)N[C@@H](CCCC)C(=O)O)c2ccccc2c1=O. The van der Waals surface area contributed by atoms with E-state index in [-0.39, 0.29) is 11.3 Å². The van der Waals surface area contributed by atoms with Crippen LogP contribution < -0.4 is 10.9 Å². The molecule has 1 atom stereocenters. The third kappa shape index (κ3) is 5.15. The highest BCUT2D eigenvalue weighted by atomic mass is 16.4. The maximum Gasteiger partial charge on any atom is 0.326 e. The summed E-state index contributed by atoms with van der Waals surface area (Å²) in [4.78, 5) is 36.9. The lowest BCUT2D eigenvalue weighted by molar-refractivity contribution is -0.139. The van der Waals surface area contributed by atoms with Crippen LogP contribution in [0, 0.1) is 0 Å². The molecule has 0 fully saturated rings. The van der Waals surface area contributed by atoms with Gasteiger partial charge in [-0.05, 0) is 18.9 Å². The zero-order chi connectivity index (χ0) is 19.8. The highest BCUT2D eigenvalue weighted by Crippen LogP contribution is 2.14. The van der Waals surface area contributed by atoms with E-state index in [9.17, 15) is 19.5 Å². The van der Waals surface area contributed by atoms with Crippen molar-refractivity contribution in [3.05, 3.63) is 40.3 Å². The fourth-order valence-corrected chi connectivity index (χ4v) is 2.96. The quantitative estimate of drug-likeness (QED) is 0.624. The van der Waals surface area contributed by atoms with Crippen LogP contribution in [0.25, 0.3) is 10.8 Å². The molecule has 0 aliphatic heterocycles. The number of hydrogen-bond donors (Lipinski definition) is 2. The number of amides is 1. The molecule has 7 heteroatoms. The molecule has 2 aromatic rings. The van der Waals surface area contributed by atoms with Crippen LogP contribution >= 0.6 is 0 Å². The predicted molar refractivity (Wildman–Crippen MR) is 104 cm³/mol. The largest absolute Gasteiger partial charge is 0.480 e. The number of fused-ring (bicyclic) bond motifs is 1. The molecule has 1 amide bonds. The Morgan fingerprint density at radius 1 is 1.11 bits per heavy atom. The standard InChI is InChI=1S/C20H27N3O4/c1-3-5-9-13-23-19(25)15-11-8-7-10-14(15)17(22-23)18(24)21-16(20(26)27)12-6-4-2/h7-8,10-11,16H,3-6,9,12-13H2,1-2H3,(H,21,24)(H,26,27)/t16-/m0/s1. The predicted octanol–water partition coefficient (Wildman–Crippen LogP) is 2.96. The van der Waals surface area contributed by atoms with E-state index < -0.39 is 17.9 Å². The molecule has 0 saturated carbocycles. The summed E-state index contributed by atoms with van der Waals surface area (Å²) in [5.41, 5.74) is -0.150. The van der Waals surface area contributed by atoms with Gasteiger partial charge >= 0.3 is 5.97 Å². The molecule has 1 aromatic carbocycles. The molecule has 0 radical (unpaired) electrons. The number of benzene rings is 1. The monoisotopic (exact) mass is 373 g/mol. The zero-order valence-corrected chi connectivity index (χ0v) is 15.9. The lowest BCUT2D eigenvalue weighted by Gasteiger charge is -2.15. The molecule has 1 aromatic heterocycles. The van der Waals surface area contributed by atoms with Gasteiger partial charge in [-0.1, -0.05) is 57.7 Å². The van der Waals surface area contributed by atoms with Gasteiger partial charge in [-0.2, -0.15) is 5.10 Å². The number of carboxylic acids is 1. The molecule has 1 heterocycles. The molecule has 0 bridgehead atoms. The molecule has 0 saturated heterocycles. The molecule has 2 N–H and O–H groups in total. The number of aliphatic carboxylic acids is 1. The number of aryl methyl sites for hydroxylation is 1. The molecule has 0 aliphatic carbocycles. The van der Waals surface area contributed by atoms with Crippen molar-refractivity contribution < 1.29 is 14.7 Å². The fourth-order valence-electron chi connectivity index (χ4n) is 2.96. The summed E-state index contributed by atoms with van der Waals surface area (Å²) in [5, 5.41) is 17.0. The second-order valence-electron chi connectivity index (χ2n) is 6.64. The minimum Gasteiger partial charge on any atom is -0.480 e. The topological polar surface area (TPSA) is 101 Å². The minimum atomic E-state index is -1.07. The summed E-state index contributed by atoms with van der Waals surface area (Å²) in [7, 11) is 0. The van der Waals surface area contributed by atoms with Crippen LogP contribution in [0.4, 0.5) is 0 Å². The Morgan fingerprint density at radius 3 is 2.41 bits per heavy atom. The van der Waals surface area contributed by atoms with E-state index in [1.165, 1.54) is 4.68 Å². The highest BCUT2D eigenvalue weighted by Gasteiger charge is 2.23. The van der Waals surface area contributed by atoms with Gasteiger partial charge in [0, 0.05) is 11.9 Å². The third-order valence-electron chi connectivity index (χ3n) is 4.51. The molecular formula is C20H27N3O4. The number of nitrogens with one attached hydrogen (secondary N) is 1. The number of carbonyl (C=O) groups is 2. The van der Waals surface area contributed by atoms with Gasteiger partial charge < -0.3 is 10.4 Å².